The van der Waals surface area contributed by atoms with Crippen molar-refractivity contribution < 1.29 is 14.6 Å². The second kappa shape index (κ2) is 7.63. The van der Waals surface area contributed by atoms with Gasteiger partial charge in [0.2, 0.25) is 0 Å². The number of carbonyl (C=O) groups excluding carboxylic acids is 1. The average Bonchev–Trinajstić information content (AvgIpc) is 2.38. The summed E-state index contributed by atoms with van der Waals surface area (Å²) < 4.78 is 5.44. The molecular formula is C14H22N2O3. The molecule has 1 aromatic carbocycles. The Balaban J connectivity index is 2.60. The number of carbonyl (C=O) groups is 1. The molecule has 19 heavy (non-hydrogen) atoms. The van der Waals surface area contributed by atoms with Gasteiger partial charge in [-0.3, -0.25) is 0 Å². The van der Waals surface area contributed by atoms with Gasteiger partial charge < -0.3 is 20.1 Å². The third-order valence-electron chi connectivity index (χ3n) is 2.66. The van der Waals surface area contributed by atoms with Crippen molar-refractivity contribution in [3.05, 3.63) is 24.3 Å². The number of benzene rings is 1. The SMILES string of the molecule is CCOc1ccccc1NC(=O)N(C)CCC(C)O. The molecule has 0 saturated heterocycles. The van der Waals surface area contributed by atoms with Crippen LogP contribution in [0.3, 0.4) is 0 Å². The third-order valence-corrected chi connectivity index (χ3v) is 2.66. The van der Waals surface area contributed by atoms with Crippen molar-refractivity contribution in [2.24, 2.45) is 0 Å². The minimum absolute atomic E-state index is 0.215. The van der Waals surface area contributed by atoms with Gasteiger partial charge in [-0.1, -0.05) is 12.1 Å². The lowest BCUT2D eigenvalue weighted by molar-refractivity contribution is 0.167. The van der Waals surface area contributed by atoms with Crippen molar-refractivity contribution in [2.75, 3.05) is 25.5 Å². The van der Waals surface area contributed by atoms with Crippen molar-refractivity contribution >= 4 is 11.7 Å². The molecule has 0 aromatic heterocycles. The molecule has 2 N–H and O–H groups in total. The smallest absolute Gasteiger partial charge is 0.321 e. The Kier molecular flexibility index (Phi) is 6.15. The van der Waals surface area contributed by atoms with Crippen LogP contribution in [0.25, 0.3) is 0 Å². The Hall–Kier alpha value is -1.75. The fraction of sp³-hybridized carbons (Fsp3) is 0.500. The first kappa shape index (κ1) is 15.3. The van der Waals surface area contributed by atoms with Gasteiger partial charge in [-0.2, -0.15) is 0 Å². The highest BCUT2D eigenvalue weighted by Crippen LogP contribution is 2.23. The van der Waals surface area contributed by atoms with E-state index in [1.165, 1.54) is 4.90 Å². The lowest BCUT2D eigenvalue weighted by Crippen LogP contribution is -2.33. The Labute approximate surface area is 114 Å². The first-order valence-electron chi connectivity index (χ1n) is 6.46. The first-order valence-corrected chi connectivity index (χ1v) is 6.46. The van der Waals surface area contributed by atoms with Gasteiger partial charge in [0.25, 0.3) is 0 Å². The molecule has 0 spiro atoms. The van der Waals surface area contributed by atoms with Crippen LogP contribution >= 0.6 is 0 Å². The maximum atomic E-state index is 12.0. The summed E-state index contributed by atoms with van der Waals surface area (Å²) in [5.41, 5.74) is 0.651. The molecule has 0 radical (unpaired) electrons. The summed E-state index contributed by atoms with van der Waals surface area (Å²) in [6.45, 7) is 4.65. The van der Waals surface area contributed by atoms with E-state index < -0.39 is 6.10 Å². The van der Waals surface area contributed by atoms with E-state index in [-0.39, 0.29) is 6.03 Å². The number of ether oxygens (including phenoxy) is 1. The van der Waals surface area contributed by atoms with Crippen molar-refractivity contribution in [3.63, 3.8) is 0 Å². The highest BCUT2D eigenvalue weighted by atomic mass is 16.5. The number of hydrogen-bond donors (Lipinski definition) is 2. The topological polar surface area (TPSA) is 61.8 Å². The van der Waals surface area contributed by atoms with Crippen LogP contribution in [0, 0.1) is 0 Å². The number of aliphatic hydroxyl groups excluding tert-OH is 1. The monoisotopic (exact) mass is 266 g/mol. The lowest BCUT2D eigenvalue weighted by Gasteiger charge is -2.19. The predicted molar refractivity (Wildman–Crippen MR) is 75.6 cm³/mol. The summed E-state index contributed by atoms with van der Waals surface area (Å²) in [4.78, 5) is 13.5. The molecule has 0 aliphatic heterocycles. The van der Waals surface area contributed by atoms with Crippen LogP contribution in [0.1, 0.15) is 20.3 Å². The molecule has 1 atom stereocenters. The maximum absolute atomic E-state index is 12.0. The Morgan fingerprint density at radius 1 is 1.47 bits per heavy atom. The molecule has 2 amide bonds. The summed E-state index contributed by atoms with van der Waals surface area (Å²) in [7, 11) is 1.70. The number of anilines is 1. The largest absolute Gasteiger partial charge is 0.492 e. The normalized spacial score (nSPS) is 11.8. The number of nitrogens with zero attached hydrogens (tertiary/aromatic N) is 1. The number of para-hydroxylation sites is 2. The van der Waals surface area contributed by atoms with Crippen LogP contribution in [0.5, 0.6) is 5.75 Å². The summed E-state index contributed by atoms with van der Waals surface area (Å²) in [6, 6.07) is 7.10. The molecule has 0 fully saturated rings. The molecule has 5 nitrogen and oxygen atoms in total. The van der Waals surface area contributed by atoms with Crippen LogP contribution < -0.4 is 10.1 Å². The van der Waals surface area contributed by atoms with E-state index in [4.69, 9.17) is 4.74 Å². The standard InChI is InChI=1S/C14H22N2O3/c1-4-19-13-8-6-5-7-12(13)15-14(18)16(3)10-9-11(2)17/h5-8,11,17H,4,9-10H2,1-3H3,(H,15,18). The highest BCUT2D eigenvalue weighted by molar-refractivity contribution is 5.90. The number of aliphatic hydroxyl groups is 1. The number of rotatable bonds is 6. The van der Waals surface area contributed by atoms with E-state index in [2.05, 4.69) is 5.32 Å². The second-order valence-electron chi connectivity index (χ2n) is 4.42. The predicted octanol–water partition coefficient (Wildman–Crippen LogP) is 2.32. The molecule has 0 aliphatic rings. The molecule has 5 heteroatoms. The summed E-state index contributed by atoms with van der Waals surface area (Å²) in [6.07, 6.45) is 0.141. The molecule has 1 aromatic rings. The van der Waals surface area contributed by atoms with E-state index in [0.717, 1.165) is 0 Å². The molecule has 0 saturated carbocycles. The van der Waals surface area contributed by atoms with E-state index >= 15 is 0 Å². The summed E-state index contributed by atoms with van der Waals surface area (Å²) in [5.74, 6) is 0.655. The highest BCUT2D eigenvalue weighted by Gasteiger charge is 2.12. The number of hydrogen-bond acceptors (Lipinski definition) is 3. The zero-order valence-corrected chi connectivity index (χ0v) is 11.7. The number of amides is 2. The van der Waals surface area contributed by atoms with Crippen molar-refractivity contribution in [1.29, 1.82) is 0 Å². The average molecular weight is 266 g/mol. The van der Waals surface area contributed by atoms with Gasteiger partial charge in [-0.15, -0.1) is 0 Å². The van der Waals surface area contributed by atoms with Gasteiger partial charge in [-0.25, -0.2) is 4.79 Å². The van der Waals surface area contributed by atoms with Crippen molar-refractivity contribution in [3.8, 4) is 5.75 Å². The van der Waals surface area contributed by atoms with Crippen molar-refractivity contribution in [1.82, 2.24) is 4.90 Å². The molecule has 0 aliphatic carbocycles. The molecular weight excluding hydrogens is 244 g/mol. The quantitative estimate of drug-likeness (QED) is 0.830. The van der Waals surface area contributed by atoms with Crippen LogP contribution in [-0.2, 0) is 0 Å². The molecule has 1 rings (SSSR count). The van der Waals surface area contributed by atoms with E-state index in [9.17, 15) is 9.90 Å². The van der Waals surface area contributed by atoms with Gasteiger partial charge in [0.15, 0.2) is 0 Å². The van der Waals surface area contributed by atoms with Crippen LogP contribution in [-0.4, -0.2) is 42.3 Å². The molecule has 0 heterocycles. The Morgan fingerprint density at radius 2 is 2.16 bits per heavy atom. The minimum atomic E-state index is -0.411. The summed E-state index contributed by atoms with van der Waals surface area (Å²) >= 11 is 0. The lowest BCUT2D eigenvalue weighted by atomic mass is 10.3. The molecule has 1 unspecified atom stereocenters. The van der Waals surface area contributed by atoms with Crippen LogP contribution in [0.4, 0.5) is 10.5 Å². The van der Waals surface area contributed by atoms with Gasteiger partial charge >= 0.3 is 6.03 Å². The fourth-order valence-electron chi connectivity index (χ4n) is 1.54. The Morgan fingerprint density at radius 3 is 2.79 bits per heavy atom. The number of nitrogens with one attached hydrogen (secondary N) is 1. The van der Waals surface area contributed by atoms with E-state index in [0.29, 0.717) is 31.0 Å². The van der Waals surface area contributed by atoms with Gasteiger partial charge in [0, 0.05) is 13.6 Å². The first-order chi connectivity index (χ1) is 9.04. The fourth-order valence-corrected chi connectivity index (χ4v) is 1.54. The minimum Gasteiger partial charge on any atom is -0.492 e. The molecule has 106 valence electrons. The Bertz CT molecular complexity index is 407. The number of urea groups is 1. The van der Waals surface area contributed by atoms with Crippen LogP contribution in [0.15, 0.2) is 24.3 Å². The van der Waals surface area contributed by atoms with Gasteiger partial charge in [0.1, 0.15) is 5.75 Å². The van der Waals surface area contributed by atoms with Crippen molar-refractivity contribution in [2.45, 2.75) is 26.4 Å². The second-order valence-corrected chi connectivity index (χ2v) is 4.42. The zero-order chi connectivity index (χ0) is 14.3. The zero-order valence-electron chi connectivity index (χ0n) is 11.7. The van der Waals surface area contributed by atoms with E-state index in [1.54, 1.807) is 20.0 Å². The van der Waals surface area contributed by atoms with Crippen LogP contribution in [0.2, 0.25) is 0 Å². The van der Waals surface area contributed by atoms with Gasteiger partial charge in [0.05, 0.1) is 18.4 Å². The van der Waals surface area contributed by atoms with E-state index in [1.807, 2.05) is 25.1 Å². The third kappa shape index (κ3) is 5.18. The molecule has 0 bridgehead atoms. The summed E-state index contributed by atoms with van der Waals surface area (Å²) in [5, 5.41) is 12.0. The maximum Gasteiger partial charge on any atom is 0.321 e. The van der Waals surface area contributed by atoms with Gasteiger partial charge in [-0.05, 0) is 32.4 Å².